The normalized spacial score (nSPS) is 22.3. The standard InChI is InChI=1S/C24H24FN3O2.ClH/c1-14-9-20(19-8-5-17(25)10-22(19)27-14)24(29)28-13-16-11-26-12-21(16)23(28)15-3-6-18(30-2)7-4-15;/h3-10,16,21,23,26H,11-13H2,1-2H3;1H/t16-,21-,23+;/m0./s1. The molecule has 0 radical (unpaired) electrons. The van der Waals surface area contributed by atoms with Crippen LogP contribution in [-0.2, 0) is 0 Å². The molecule has 0 saturated carbocycles. The smallest absolute Gasteiger partial charge is 0.255 e. The van der Waals surface area contributed by atoms with Gasteiger partial charge in [-0.25, -0.2) is 4.39 Å². The van der Waals surface area contributed by atoms with E-state index in [0.717, 1.165) is 24.4 Å². The van der Waals surface area contributed by atoms with Gasteiger partial charge in [-0.2, -0.15) is 0 Å². The van der Waals surface area contributed by atoms with E-state index in [2.05, 4.69) is 22.4 Å². The maximum atomic E-state index is 13.8. The highest BCUT2D eigenvalue weighted by molar-refractivity contribution is 6.06. The number of nitrogens with zero attached hydrogens (tertiary/aromatic N) is 2. The number of rotatable bonds is 3. The predicted molar refractivity (Wildman–Crippen MR) is 120 cm³/mol. The molecule has 5 nitrogen and oxygen atoms in total. The average Bonchev–Trinajstić information content (AvgIpc) is 3.33. The van der Waals surface area contributed by atoms with Gasteiger partial charge in [-0.15, -0.1) is 12.4 Å². The van der Waals surface area contributed by atoms with Crippen LogP contribution >= 0.6 is 12.4 Å². The zero-order valence-electron chi connectivity index (χ0n) is 17.5. The third-order valence-corrected chi connectivity index (χ3v) is 6.41. The lowest BCUT2D eigenvalue weighted by atomic mass is 9.89. The number of amides is 1. The summed E-state index contributed by atoms with van der Waals surface area (Å²) >= 11 is 0. The Morgan fingerprint density at radius 2 is 1.94 bits per heavy atom. The molecule has 1 amide bonds. The molecule has 3 aromatic rings. The van der Waals surface area contributed by atoms with Crippen molar-refractivity contribution >= 4 is 29.2 Å². The first-order chi connectivity index (χ1) is 14.5. The van der Waals surface area contributed by atoms with Crippen LogP contribution in [0.5, 0.6) is 5.75 Å². The molecule has 3 atom stereocenters. The van der Waals surface area contributed by atoms with Crippen LogP contribution in [0.1, 0.15) is 27.7 Å². The quantitative estimate of drug-likeness (QED) is 0.663. The van der Waals surface area contributed by atoms with E-state index < -0.39 is 0 Å². The Morgan fingerprint density at radius 1 is 1.16 bits per heavy atom. The minimum Gasteiger partial charge on any atom is -0.497 e. The number of ether oxygens (including phenoxy) is 1. The van der Waals surface area contributed by atoms with Crippen molar-refractivity contribution in [2.45, 2.75) is 13.0 Å². The minimum absolute atomic E-state index is 0. The lowest BCUT2D eigenvalue weighted by molar-refractivity contribution is 0.0716. The Balaban J connectivity index is 0.00000231. The molecular weight excluding hydrogens is 417 g/mol. The zero-order valence-corrected chi connectivity index (χ0v) is 18.3. The van der Waals surface area contributed by atoms with Crippen molar-refractivity contribution < 1.29 is 13.9 Å². The Hall–Kier alpha value is -2.70. The minimum atomic E-state index is -0.350. The van der Waals surface area contributed by atoms with Crippen LogP contribution in [0.25, 0.3) is 10.9 Å². The van der Waals surface area contributed by atoms with E-state index in [1.807, 2.05) is 30.0 Å². The number of halogens is 2. The number of fused-ring (bicyclic) bond motifs is 2. The molecule has 2 saturated heterocycles. The number of aromatic nitrogens is 1. The highest BCUT2D eigenvalue weighted by Gasteiger charge is 2.47. The number of methoxy groups -OCH3 is 1. The van der Waals surface area contributed by atoms with Gasteiger partial charge in [0.05, 0.1) is 24.2 Å². The van der Waals surface area contributed by atoms with E-state index in [-0.39, 0.29) is 30.2 Å². The summed E-state index contributed by atoms with van der Waals surface area (Å²) in [4.78, 5) is 20.2. The van der Waals surface area contributed by atoms with Gasteiger partial charge in [0, 0.05) is 42.7 Å². The number of hydrogen-bond donors (Lipinski definition) is 1. The summed E-state index contributed by atoms with van der Waals surface area (Å²) in [5.41, 5.74) is 2.92. The van der Waals surface area contributed by atoms with E-state index in [1.54, 1.807) is 13.2 Å². The Kier molecular flexibility index (Phi) is 5.86. The topological polar surface area (TPSA) is 54.5 Å². The highest BCUT2D eigenvalue weighted by atomic mass is 35.5. The molecule has 1 N–H and O–H groups in total. The number of carbonyl (C=O) groups is 1. The Morgan fingerprint density at radius 3 is 2.68 bits per heavy atom. The van der Waals surface area contributed by atoms with Crippen LogP contribution < -0.4 is 10.1 Å². The van der Waals surface area contributed by atoms with Crippen LogP contribution in [0.2, 0.25) is 0 Å². The number of hydrogen-bond acceptors (Lipinski definition) is 4. The van der Waals surface area contributed by atoms with Gasteiger partial charge in [0.15, 0.2) is 0 Å². The van der Waals surface area contributed by atoms with Gasteiger partial charge >= 0.3 is 0 Å². The van der Waals surface area contributed by atoms with Crippen LogP contribution in [-0.4, -0.2) is 42.5 Å². The SMILES string of the molecule is COc1ccc([C@@H]2[C@H]3CNC[C@H]3CN2C(=O)c2cc(C)nc3cc(F)ccc23)cc1.Cl. The van der Waals surface area contributed by atoms with E-state index in [9.17, 15) is 9.18 Å². The van der Waals surface area contributed by atoms with Crippen molar-refractivity contribution in [2.75, 3.05) is 26.7 Å². The van der Waals surface area contributed by atoms with Crippen molar-refractivity contribution in [1.29, 1.82) is 0 Å². The third kappa shape index (κ3) is 3.75. The number of aryl methyl sites for hydroxylation is 1. The van der Waals surface area contributed by atoms with Crippen LogP contribution in [0, 0.1) is 24.6 Å². The fourth-order valence-corrected chi connectivity index (χ4v) is 5.02. The molecule has 7 heteroatoms. The Bertz CT molecular complexity index is 1120. The molecule has 0 spiro atoms. The number of pyridine rings is 1. The molecule has 2 aromatic carbocycles. The molecule has 162 valence electrons. The molecule has 3 heterocycles. The van der Waals surface area contributed by atoms with Crippen molar-refractivity contribution in [2.24, 2.45) is 11.8 Å². The van der Waals surface area contributed by atoms with E-state index in [0.29, 0.717) is 40.5 Å². The van der Waals surface area contributed by atoms with Gasteiger partial charge in [0.25, 0.3) is 5.91 Å². The first-order valence-corrected chi connectivity index (χ1v) is 10.3. The molecule has 5 rings (SSSR count). The molecule has 2 aliphatic rings. The van der Waals surface area contributed by atoms with Crippen LogP contribution in [0.4, 0.5) is 4.39 Å². The summed E-state index contributed by atoms with van der Waals surface area (Å²) in [5, 5.41) is 4.17. The zero-order chi connectivity index (χ0) is 20.8. The van der Waals surface area contributed by atoms with Crippen molar-refractivity contribution in [3.8, 4) is 5.75 Å². The van der Waals surface area contributed by atoms with E-state index in [4.69, 9.17) is 4.74 Å². The van der Waals surface area contributed by atoms with Gasteiger partial charge in [0.1, 0.15) is 11.6 Å². The molecule has 2 fully saturated rings. The number of carbonyl (C=O) groups excluding carboxylic acids is 1. The number of likely N-dealkylation sites (tertiary alicyclic amines) is 1. The summed E-state index contributed by atoms with van der Waals surface area (Å²) in [6.45, 7) is 4.36. The van der Waals surface area contributed by atoms with Gasteiger partial charge in [-0.1, -0.05) is 12.1 Å². The largest absolute Gasteiger partial charge is 0.497 e. The van der Waals surface area contributed by atoms with Gasteiger partial charge in [0.2, 0.25) is 0 Å². The Labute approximate surface area is 187 Å². The second kappa shape index (κ2) is 8.44. The lowest BCUT2D eigenvalue weighted by Crippen LogP contribution is -2.35. The molecule has 0 aliphatic carbocycles. The second-order valence-electron chi connectivity index (χ2n) is 8.23. The third-order valence-electron chi connectivity index (χ3n) is 6.41. The summed E-state index contributed by atoms with van der Waals surface area (Å²) in [7, 11) is 1.65. The predicted octanol–water partition coefficient (Wildman–Crippen LogP) is 4.15. The molecule has 0 unspecified atom stereocenters. The summed E-state index contributed by atoms with van der Waals surface area (Å²) in [6.07, 6.45) is 0. The summed E-state index contributed by atoms with van der Waals surface area (Å²) in [6, 6.07) is 14.2. The average molecular weight is 442 g/mol. The van der Waals surface area contributed by atoms with Crippen molar-refractivity contribution in [1.82, 2.24) is 15.2 Å². The molecular formula is C24H25ClFN3O2. The van der Waals surface area contributed by atoms with Crippen LogP contribution in [0.3, 0.4) is 0 Å². The second-order valence-corrected chi connectivity index (χ2v) is 8.23. The number of benzene rings is 2. The van der Waals surface area contributed by atoms with Crippen LogP contribution in [0.15, 0.2) is 48.5 Å². The van der Waals surface area contributed by atoms with Gasteiger partial charge in [-0.3, -0.25) is 9.78 Å². The summed E-state index contributed by atoms with van der Waals surface area (Å²) < 4.78 is 19.1. The first-order valence-electron chi connectivity index (χ1n) is 10.3. The molecule has 0 bridgehead atoms. The van der Waals surface area contributed by atoms with Crippen molar-refractivity contribution in [3.05, 3.63) is 71.2 Å². The first kappa shape index (κ1) is 21.5. The maximum absolute atomic E-state index is 13.8. The highest BCUT2D eigenvalue weighted by Crippen LogP contribution is 2.44. The fourth-order valence-electron chi connectivity index (χ4n) is 5.02. The molecule has 2 aliphatic heterocycles. The monoisotopic (exact) mass is 441 g/mol. The van der Waals surface area contributed by atoms with E-state index >= 15 is 0 Å². The number of nitrogens with one attached hydrogen (secondary N) is 1. The summed E-state index contributed by atoms with van der Waals surface area (Å²) in [5.74, 6) is 1.22. The maximum Gasteiger partial charge on any atom is 0.255 e. The molecule has 1 aromatic heterocycles. The molecule has 31 heavy (non-hydrogen) atoms. The van der Waals surface area contributed by atoms with Gasteiger partial charge < -0.3 is 15.0 Å². The van der Waals surface area contributed by atoms with E-state index in [1.165, 1.54) is 12.1 Å². The fraction of sp³-hybridized carbons (Fsp3) is 0.333. The van der Waals surface area contributed by atoms with Crippen molar-refractivity contribution in [3.63, 3.8) is 0 Å². The lowest BCUT2D eigenvalue weighted by Gasteiger charge is -2.29. The van der Waals surface area contributed by atoms with Gasteiger partial charge in [-0.05, 0) is 48.7 Å².